The van der Waals surface area contributed by atoms with Gasteiger partial charge in [0, 0.05) is 29.4 Å². The summed E-state index contributed by atoms with van der Waals surface area (Å²) in [6.07, 6.45) is 0. The normalized spacial score (nSPS) is 10.3. The number of benzene rings is 2. The first-order chi connectivity index (χ1) is 9.10. The molecule has 19 heavy (non-hydrogen) atoms. The fourth-order valence-electron chi connectivity index (χ4n) is 1.89. The second kappa shape index (κ2) is 5.97. The van der Waals surface area contributed by atoms with Gasteiger partial charge in [0.2, 0.25) is 0 Å². The quantitative estimate of drug-likeness (QED) is 0.873. The van der Waals surface area contributed by atoms with Crippen LogP contribution in [0.5, 0.6) is 5.75 Å². The van der Waals surface area contributed by atoms with E-state index in [0.717, 1.165) is 28.1 Å². The van der Waals surface area contributed by atoms with Crippen LogP contribution >= 0.6 is 15.9 Å². The summed E-state index contributed by atoms with van der Waals surface area (Å²) in [4.78, 5) is 2.17. The molecule has 0 spiro atoms. The largest absolute Gasteiger partial charge is 0.497 e. The van der Waals surface area contributed by atoms with Gasteiger partial charge in [-0.25, -0.2) is 0 Å². The molecule has 0 saturated heterocycles. The third-order valence-electron chi connectivity index (χ3n) is 2.99. The third-order valence-corrected chi connectivity index (χ3v) is 3.72. The van der Waals surface area contributed by atoms with E-state index in [4.69, 9.17) is 10.5 Å². The Morgan fingerprint density at radius 3 is 2.42 bits per heavy atom. The maximum atomic E-state index is 5.89. The van der Waals surface area contributed by atoms with Crippen molar-refractivity contribution in [2.75, 3.05) is 24.8 Å². The van der Waals surface area contributed by atoms with Crippen LogP contribution in [0, 0.1) is 0 Å². The maximum absolute atomic E-state index is 5.89. The first kappa shape index (κ1) is 13.7. The van der Waals surface area contributed by atoms with Gasteiger partial charge in [-0.2, -0.15) is 0 Å². The van der Waals surface area contributed by atoms with Gasteiger partial charge >= 0.3 is 0 Å². The zero-order chi connectivity index (χ0) is 13.8. The number of hydrogen-bond donors (Lipinski definition) is 1. The molecule has 0 aromatic heterocycles. The molecular formula is C15H17BrN2O. The van der Waals surface area contributed by atoms with Crippen LogP contribution in [0.2, 0.25) is 0 Å². The number of hydrogen-bond acceptors (Lipinski definition) is 3. The molecule has 0 heterocycles. The van der Waals surface area contributed by atoms with Crippen molar-refractivity contribution in [1.29, 1.82) is 0 Å². The first-order valence-electron chi connectivity index (χ1n) is 5.99. The minimum atomic E-state index is 0.764. The molecule has 0 fully saturated rings. The monoisotopic (exact) mass is 320 g/mol. The fraction of sp³-hybridized carbons (Fsp3) is 0.200. The van der Waals surface area contributed by atoms with E-state index < -0.39 is 0 Å². The molecule has 100 valence electrons. The Morgan fingerprint density at radius 2 is 1.84 bits per heavy atom. The summed E-state index contributed by atoms with van der Waals surface area (Å²) in [6.45, 7) is 0.809. The molecule has 2 N–H and O–H groups in total. The minimum Gasteiger partial charge on any atom is -0.497 e. The van der Waals surface area contributed by atoms with Crippen LogP contribution in [0.4, 0.5) is 11.4 Å². The summed E-state index contributed by atoms with van der Waals surface area (Å²) in [5, 5.41) is 0. The van der Waals surface area contributed by atoms with Crippen LogP contribution in [-0.2, 0) is 6.54 Å². The number of anilines is 2. The number of nitrogens with two attached hydrogens (primary N) is 1. The lowest BCUT2D eigenvalue weighted by atomic mass is 10.2. The van der Waals surface area contributed by atoms with Crippen LogP contribution in [0.3, 0.4) is 0 Å². The highest BCUT2D eigenvalue weighted by atomic mass is 79.9. The van der Waals surface area contributed by atoms with Crippen molar-refractivity contribution in [3.63, 3.8) is 0 Å². The van der Waals surface area contributed by atoms with E-state index in [1.54, 1.807) is 7.11 Å². The number of nitrogens with zero attached hydrogens (tertiary/aromatic N) is 1. The zero-order valence-corrected chi connectivity index (χ0v) is 12.6. The van der Waals surface area contributed by atoms with E-state index >= 15 is 0 Å². The van der Waals surface area contributed by atoms with Gasteiger partial charge < -0.3 is 15.4 Å². The Kier molecular flexibility index (Phi) is 4.32. The van der Waals surface area contributed by atoms with Crippen LogP contribution in [0.25, 0.3) is 0 Å². The molecule has 0 radical (unpaired) electrons. The Hall–Kier alpha value is -1.68. The smallest absolute Gasteiger partial charge is 0.119 e. The third kappa shape index (κ3) is 3.41. The van der Waals surface area contributed by atoms with Crippen molar-refractivity contribution in [1.82, 2.24) is 0 Å². The van der Waals surface area contributed by atoms with E-state index in [1.165, 1.54) is 5.56 Å². The molecule has 2 aromatic rings. The molecule has 0 atom stereocenters. The summed E-state index contributed by atoms with van der Waals surface area (Å²) in [5.41, 5.74) is 8.98. The molecule has 0 aliphatic carbocycles. The molecule has 0 amide bonds. The van der Waals surface area contributed by atoms with E-state index in [2.05, 4.69) is 33.9 Å². The second-order valence-corrected chi connectivity index (χ2v) is 5.26. The summed E-state index contributed by atoms with van der Waals surface area (Å²) < 4.78 is 6.09. The summed E-state index contributed by atoms with van der Waals surface area (Å²) in [5.74, 6) is 0.866. The van der Waals surface area contributed by atoms with E-state index in [-0.39, 0.29) is 0 Å². The van der Waals surface area contributed by atoms with Gasteiger partial charge in [0.05, 0.1) is 7.11 Å². The van der Waals surface area contributed by atoms with Crippen molar-refractivity contribution >= 4 is 27.3 Å². The van der Waals surface area contributed by atoms with E-state index in [1.807, 2.05) is 36.4 Å². The van der Waals surface area contributed by atoms with Crippen molar-refractivity contribution in [3.05, 3.63) is 52.5 Å². The average molecular weight is 321 g/mol. The number of ether oxygens (including phenoxy) is 1. The summed E-state index contributed by atoms with van der Waals surface area (Å²) >= 11 is 3.40. The van der Waals surface area contributed by atoms with Gasteiger partial charge in [-0.3, -0.25) is 0 Å². The Balaban J connectivity index is 2.10. The van der Waals surface area contributed by atoms with Crippen molar-refractivity contribution < 1.29 is 4.74 Å². The molecule has 2 aromatic carbocycles. The lowest BCUT2D eigenvalue weighted by Gasteiger charge is -2.20. The average Bonchev–Trinajstić information content (AvgIpc) is 2.43. The molecular weight excluding hydrogens is 304 g/mol. The Labute approximate surface area is 122 Å². The number of halogens is 1. The molecule has 0 saturated carbocycles. The van der Waals surface area contributed by atoms with Gasteiger partial charge in [-0.15, -0.1) is 0 Å². The van der Waals surface area contributed by atoms with Gasteiger partial charge in [-0.05, 0) is 57.9 Å². The molecule has 4 heteroatoms. The molecule has 0 aliphatic heterocycles. The topological polar surface area (TPSA) is 38.5 Å². The predicted molar refractivity (Wildman–Crippen MR) is 83.7 cm³/mol. The molecule has 0 bridgehead atoms. The maximum Gasteiger partial charge on any atom is 0.119 e. The van der Waals surface area contributed by atoms with E-state index in [0.29, 0.717) is 0 Å². The molecule has 0 aliphatic rings. The first-order valence-corrected chi connectivity index (χ1v) is 6.78. The Morgan fingerprint density at radius 1 is 1.16 bits per heavy atom. The highest BCUT2D eigenvalue weighted by molar-refractivity contribution is 9.10. The lowest BCUT2D eigenvalue weighted by molar-refractivity contribution is 0.415. The highest BCUT2D eigenvalue weighted by Crippen LogP contribution is 2.23. The standard InChI is InChI=1S/C15H17BrN2O/c1-18(12-4-6-13(19-2)7-5-12)10-11-3-8-14(16)15(17)9-11/h3-9H,10,17H2,1-2H3. The van der Waals surface area contributed by atoms with Crippen molar-refractivity contribution in [2.24, 2.45) is 0 Å². The molecule has 2 rings (SSSR count). The SMILES string of the molecule is COc1ccc(N(C)Cc2ccc(Br)c(N)c2)cc1. The number of nitrogen functional groups attached to an aromatic ring is 1. The van der Waals surface area contributed by atoms with E-state index in [9.17, 15) is 0 Å². The van der Waals surface area contributed by atoms with Gasteiger partial charge in [0.25, 0.3) is 0 Å². The van der Waals surface area contributed by atoms with Crippen LogP contribution in [-0.4, -0.2) is 14.2 Å². The summed E-state index contributed by atoms with van der Waals surface area (Å²) in [7, 11) is 3.73. The second-order valence-electron chi connectivity index (χ2n) is 4.41. The lowest BCUT2D eigenvalue weighted by Crippen LogP contribution is -2.16. The van der Waals surface area contributed by atoms with Crippen molar-refractivity contribution in [2.45, 2.75) is 6.54 Å². The van der Waals surface area contributed by atoms with Gasteiger partial charge in [-0.1, -0.05) is 6.07 Å². The summed E-state index contributed by atoms with van der Waals surface area (Å²) in [6, 6.07) is 14.0. The number of rotatable bonds is 4. The number of methoxy groups -OCH3 is 1. The highest BCUT2D eigenvalue weighted by Gasteiger charge is 2.04. The molecule has 0 unspecified atom stereocenters. The van der Waals surface area contributed by atoms with Gasteiger partial charge in [0.1, 0.15) is 5.75 Å². The van der Waals surface area contributed by atoms with Crippen LogP contribution in [0.15, 0.2) is 46.9 Å². The predicted octanol–water partition coefficient (Wildman–Crippen LogP) is 3.68. The Bertz CT molecular complexity index is 555. The zero-order valence-electron chi connectivity index (χ0n) is 11.1. The van der Waals surface area contributed by atoms with Crippen molar-refractivity contribution in [3.8, 4) is 5.75 Å². The van der Waals surface area contributed by atoms with Crippen LogP contribution in [0.1, 0.15) is 5.56 Å². The van der Waals surface area contributed by atoms with Crippen LogP contribution < -0.4 is 15.4 Å². The van der Waals surface area contributed by atoms with Gasteiger partial charge in [0.15, 0.2) is 0 Å². The fourth-order valence-corrected chi connectivity index (χ4v) is 2.14. The minimum absolute atomic E-state index is 0.764. The molecule has 3 nitrogen and oxygen atoms in total.